The summed E-state index contributed by atoms with van der Waals surface area (Å²) in [6, 6.07) is 36.0. The SMILES string of the molecule is CCCCCC(OC(C)Cc1ccc(O)c(CC(C)OC(CCCCC)c2ccccc2)c1CC(C)OC(CCCCC)c1ccccc1)c1ccccc1. The molecule has 0 amide bonds. The fourth-order valence-corrected chi connectivity index (χ4v) is 7.95. The molecule has 4 aromatic rings. The highest BCUT2D eigenvalue weighted by molar-refractivity contribution is 5.46. The molecule has 0 fully saturated rings. The first kappa shape index (κ1) is 44.3. The monoisotopic (exact) mass is 749 g/mol. The van der Waals surface area contributed by atoms with E-state index in [-0.39, 0.29) is 36.6 Å². The molecule has 0 saturated carbocycles. The summed E-state index contributed by atoms with van der Waals surface area (Å²) in [6.07, 6.45) is 15.6. The Morgan fingerprint density at radius 1 is 0.418 bits per heavy atom. The molecule has 55 heavy (non-hydrogen) atoms. The lowest BCUT2D eigenvalue weighted by Gasteiger charge is -2.28. The van der Waals surface area contributed by atoms with Crippen molar-refractivity contribution >= 4 is 0 Å². The minimum atomic E-state index is -0.0937. The Kier molecular flexibility index (Phi) is 20.1. The minimum absolute atomic E-state index is 0.0139. The molecule has 1 N–H and O–H groups in total. The lowest BCUT2D eigenvalue weighted by Crippen LogP contribution is -2.23. The molecule has 0 aromatic heterocycles. The van der Waals surface area contributed by atoms with E-state index in [4.69, 9.17) is 14.2 Å². The maximum Gasteiger partial charge on any atom is 0.119 e. The van der Waals surface area contributed by atoms with E-state index in [1.165, 1.54) is 66.3 Å². The highest BCUT2D eigenvalue weighted by Crippen LogP contribution is 2.35. The first-order valence-electron chi connectivity index (χ1n) is 21.8. The topological polar surface area (TPSA) is 47.9 Å². The summed E-state index contributed by atoms with van der Waals surface area (Å²) < 4.78 is 20.7. The number of aromatic hydroxyl groups is 1. The predicted octanol–water partition coefficient (Wildman–Crippen LogP) is 14.2. The number of phenolic OH excluding ortho intramolecular Hbond substituents is 1. The van der Waals surface area contributed by atoms with Crippen LogP contribution >= 0.6 is 0 Å². The Morgan fingerprint density at radius 2 is 0.764 bits per heavy atom. The Hall–Kier alpha value is -3.44. The molecule has 0 spiro atoms. The number of rotatable bonds is 27. The predicted molar refractivity (Wildman–Crippen MR) is 231 cm³/mol. The molecule has 4 nitrogen and oxygen atoms in total. The van der Waals surface area contributed by atoms with E-state index < -0.39 is 0 Å². The van der Waals surface area contributed by atoms with Crippen LogP contribution in [0.15, 0.2) is 103 Å². The van der Waals surface area contributed by atoms with Crippen LogP contribution in [0.2, 0.25) is 0 Å². The van der Waals surface area contributed by atoms with Crippen molar-refractivity contribution in [2.75, 3.05) is 0 Å². The van der Waals surface area contributed by atoms with Gasteiger partial charge in [-0.3, -0.25) is 0 Å². The van der Waals surface area contributed by atoms with Crippen molar-refractivity contribution in [3.05, 3.63) is 137 Å². The third kappa shape index (κ3) is 15.2. The summed E-state index contributed by atoms with van der Waals surface area (Å²) >= 11 is 0. The van der Waals surface area contributed by atoms with Gasteiger partial charge in [0.25, 0.3) is 0 Å². The van der Waals surface area contributed by atoms with Gasteiger partial charge in [0.15, 0.2) is 0 Å². The zero-order chi connectivity index (χ0) is 39.3. The third-order valence-corrected chi connectivity index (χ3v) is 10.9. The van der Waals surface area contributed by atoms with E-state index in [1.807, 2.05) is 6.07 Å². The fourth-order valence-electron chi connectivity index (χ4n) is 7.95. The van der Waals surface area contributed by atoms with E-state index in [0.29, 0.717) is 18.6 Å². The molecule has 0 bridgehead atoms. The van der Waals surface area contributed by atoms with Crippen molar-refractivity contribution in [2.24, 2.45) is 0 Å². The molecule has 4 aromatic carbocycles. The van der Waals surface area contributed by atoms with Crippen molar-refractivity contribution in [2.45, 2.75) is 174 Å². The Morgan fingerprint density at radius 3 is 1.13 bits per heavy atom. The molecule has 0 aliphatic carbocycles. The van der Waals surface area contributed by atoms with Gasteiger partial charge in [0.1, 0.15) is 5.75 Å². The van der Waals surface area contributed by atoms with Crippen LogP contribution in [0.25, 0.3) is 0 Å². The standard InChI is InChI=1S/C51H72O4/c1-7-10-16-31-49(42-25-19-13-20-26-42)53-39(4)36-45-34-35-48(52)47(38-41(6)55-51(33-18-12-9-3)44-29-23-15-24-30-44)46(45)37-40(5)54-50(32-17-11-8-2)43-27-21-14-22-28-43/h13-15,19-30,34-35,39-41,49-52H,7-12,16-18,31-33,36-38H2,1-6H3. The van der Waals surface area contributed by atoms with Gasteiger partial charge in [-0.15, -0.1) is 0 Å². The summed E-state index contributed by atoms with van der Waals surface area (Å²) in [5.74, 6) is 0.335. The van der Waals surface area contributed by atoms with Gasteiger partial charge in [-0.1, -0.05) is 176 Å². The van der Waals surface area contributed by atoms with Crippen molar-refractivity contribution in [3.63, 3.8) is 0 Å². The lowest BCUT2D eigenvalue weighted by atomic mass is 9.89. The molecule has 0 aliphatic rings. The number of unbranched alkanes of at least 4 members (excludes halogenated alkanes) is 6. The second kappa shape index (κ2) is 24.9. The van der Waals surface area contributed by atoms with E-state index in [1.54, 1.807) is 0 Å². The average Bonchev–Trinajstić information content (AvgIpc) is 3.20. The van der Waals surface area contributed by atoms with Crippen molar-refractivity contribution in [1.29, 1.82) is 0 Å². The number of hydrogen-bond acceptors (Lipinski definition) is 4. The highest BCUT2D eigenvalue weighted by atomic mass is 16.5. The summed E-state index contributed by atoms with van der Waals surface area (Å²) in [4.78, 5) is 0. The van der Waals surface area contributed by atoms with Crippen molar-refractivity contribution in [3.8, 4) is 5.75 Å². The molecule has 0 saturated heterocycles. The van der Waals surface area contributed by atoms with Gasteiger partial charge in [0, 0.05) is 6.42 Å². The van der Waals surface area contributed by atoms with Gasteiger partial charge in [-0.05, 0) is 92.3 Å². The van der Waals surface area contributed by atoms with Crippen LogP contribution in [0.5, 0.6) is 5.75 Å². The average molecular weight is 749 g/mol. The van der Waals surface area contributed by atoms with E-state index >= 15 is 0 Å². The van der Waals surface area contributed by atoms with E-state index in [0.717, 1.165) is 50.5 Å². The molecule has 4 rings (SSSR count). The number of ether oxygens (including phenoxy) is 3. The van der Waals surface area contributed by atoms with Crippen LogP contribution in [0, 0.1) is 0 Å². The van der Waals surface area contributed by atoms with Crippen LogP contribution in [0.4, 0.5) is 0 Å². The molecular formula is C51H72O4. The maximum absolute atomic E-state index is 11.6. The summed E-state index contributed by atoms with van der Waals surface area (Å²) in [6.45, 7) is 13.3. The molecule has 0 aliphatic heterocycles. The first-order valence-corrected chi connectivity index (χ1v) is 21.8. The molecule has 0 radical (unpaired) electrons. The quantitative estimate of drug-likeness (QED) is 0.0617. The summed E-state index contributed by atoms with van der Waals surface area (Å²) in [7, 11) is 0. The van der Waals surface area contributed by atoms with Gasteiger partial charge in [-0.2, -0.15) is 0 Å². The Balaban J connectivity index is 1.63. The maximum atomic E-state index is 11.6. The summed E-state index contributed by atoms with van der Waals surface area (Å²) in [5, 5.41) is 11.6. The van der Waals surface area contributed by atoms with Crippen LogP contribution in [-0.4, -0.2) is 23.4 Å². The zero-order valence-corrected chi connectivity index (χ0v) is 35.1. The van der Waals surface area contributed by atoms with Crippen molar-refractivity contribution < 1.29 is 19.3 Å². The zero-order valence-electron chi connectivity index (χ0n) is 35.1. The highest BCUT2D eigenvalue weighted by Gasteiger charge is 2.25. The van der Waals surface area contributed by atoms with E-state index in [2.05, 4.69) is 139 Å². The first-order chi connectivity index (χ1) is 26.8. The van der Waals surface area contributed by atoms with Crippen LogP contribution in [-0.2, 0) is 33.5 Å². The summed E-state index contributed by atoms with van der Waals surface area (Å²) in [5.41, 5.74) is 7.05. The molecule has 4 heteroatoms. The minimum Gasteiger partial charge on any atom is -0.508 e. The number of hydrogen-bond donors (Lipinski definition) is 1. The molecule has 6 atom stereocenters. The molecule has 300 valence electrons. The van der Waals surface area contributed by atoms with Crippen LogP contribution in [0.3, 0.4) is 0 Å². The molecular weight excluding hydrogens is 677 g/mol. The lowest BCUT2D eigenvalue weighted by molar-refractivity contribution is -0.0134. The number of benzene rings is 4. The Labute approximate surface area is 335 Å². The largest absolute Gasteiger partial charge is 0.508 e. The van der Waals surface area contributed by atoms with Gasteiger partial charge in [0.2, 0.25) is 0 Å². The van der Waals surface area contributed by atoms with Gasteiger partial charge in [-0.25, -0.2) is 0 Å². The normalized spacial score (nSPS) is 14.9. The Bertz CT molecular complexity index is 1570. The van der Waals surface area contributed by atoms with Crippen molar-refractivity contribution in [1.82, 2.24) is 0 Å². The number of phenols is 1. The molecule has 0 heterocycles. The van der Waals surface area contributed by atoms with Crippen LogP contribution in [0.1, 0.15) is 170 Å². The second-order valence-corrected chi connectivity index (χ2v) is 15.8. The van der Waals surface area contributed by atoms with Gasteiger partial charge in [0.05, 0.1) is 36.6 Å². The van der Waals surface area contributed by atoms with Gasteiger partial charge < -0.3 is 19.3 Å². The molecule has 6 unspecified atom stereocenters. The fraction of sp³-hybridized carbons (Fsp3) is 0.529. The van der Waals surface area contributed by atoms with Gasteiger partial charge >= 0.3 is 0 Å². The van der Waals surface area contributed by atoms with E-state index in [9.17, 15) is 5.11 Å². The third-order valence-electron chi connectivity index (χ3n) is 10.9. The second-order valence-electron chi connectivity index (χ2n) is 15.8. The smallest absolute Gasteiger partial charge is 0.119 e. The van der Waals surface area contributed by atoms with Crippen LogP contribution < -0.4 is 0 Å².